The van der Waals surface area contributed by atoms with Gasteiger partial charge >= 0.3 is 0 Å². The van der Waals surface area contributed by atoms with Crippen LogP contribution in [0.15, 0.2) is 55.1 Å². The predicted molar refractivity (Wildman–Crippen MR) is 88.3 cm³/mol. The molecule has 118 valence electrons. The van der Waals surface area contributed by atoms with Gasteiger partial charge in [-0.2, -0.15) is 0 Å². The fourth-order valence-corrected chi connectivity index (χ4v) is 2.00. The van der Waals surface area contributed by atoms with Crippen molar-refractivity contribution >= 4 is 29.1 Å². The third kappa shape index (κ3) is 4.40. The zero-order valence-electron chi connectivity index (χ0n) is 12.1. The molecule has 0 saturated heterocycles. The van der Waals surface area contributed by atoms with E-state index in [4.69, 9.17) is 11.6 Å². The Morgan fingerprint density at radius 1 is 1.09 bits per heavy atom. The molecule has 2 aromatic rings. The molecule has 0 atom stereocenters. The molecule has 0 aliphatic rings. The van der Waals surface area contributed by atoms with Crippen LogP contribution in [0.5, 0.6) is 0 Å². The second-order valence-corrected chi connectivity index (χ2v) is 5.07. The number of anilines is 1. The van der Waals surface area contributed by atoms with Gasteiger partial charge < -0.3 is 10.6 Å². The van der Waals surface area contributed by atoms with Gasteiger partial charge in [0.25, 0.3) is 11.8 Å². The van der Waals surface area contributed by atoms with E-state index in [0.717, 1.165) is 0 Å². The zero-order chi connectivity index (χ0) is 16.8. The van der Waals surface area contributed by atoms with Gasteiger partial charge in [0.15, 0.2) is 0 Å². The molecule has 0 aromatic heterocycles. The first kappa shape index (κ1) is 16.7. The van der Waals surface area contributed by atoms with Crippen molar-refractivity contribution in [2.24, 2.45) is 0 Å². The molecule has 0 saturated carbocycles. The van der Waals surface area contributed by atoms with Crippen molar-refractivity contribution in [1.29, 1.82) is 0 Å². The van der Waals surface area contributed by atoms with Crippen LogP contribution < -0.4 is 10.6 Å². The molecule has 0 aliphatic carbocycles. The second kappa shape index (κ2) is 7.56. The summed E-state index contributed by atoms with van der Waals surface area (Å²) in [6, 6.07) is 10.1. The standard InChI is InChI=1S/C17H14ClFN2O2/c1-2-9-20-16(22)11-3-5-12(6-4-11)17(23)21-13-7-8-15(19)14(18)10-13/h2-8,10H,1,9H2,(H,20,22)(H,21,23). The molecule has 0 heterocycles. The van der Waals surface area contributed by atoms with E-state index < -0.39 is 5.82 Å². The lowest BCUT2D eigenvalue weighted by Crippen LogP contribution is -2.23. The number of carbonyl (C=O) groups is 2. The summed E-state index contributed by atoms with van der Waals surface area (Å²) in [5, 5.41) is 5.17. The van der Waals surface area contributed by atoms with Crippen LogP contribution in [0.4, 0.5) is 10.1 Å². The minimum Gasteiger partial charge on any atom is -0.349 e. The fourth-order valence-electron chi connectivity index (χ4n) is 1.82. The van der Waals surface area contributed by atoms with Crippen molar-refractivity contribution in [3.63, 3.8) is 0 Å². The van der Waals surface area contributed by atoms with E-state index in [2.05, 4.69) is 17.2 Å². The number of hydrogen-bond donors (Lipinski definition) is 2. The van der Waals surface area contributed by atoms with Gasteiger partial charge in [0.1, 0.15) is 5.82 Å². The lowest BCUT2D eigenvalue weighted by Gasteiger charge is -2.07. The van der Waals surface area contributed by atoms with Crippen LogP contribution in [-0.4, -0.2) is 18.4 Å². The first-order valence-electron chi connectivity index (χ1n) is 6.77. The first-order chi connectivity index (χ1) is 11.0. The average molecular weight is 333 g/mol. The van der Waals surface area contributed by atoms with Crippen molar-refractivity contribution in [3.8, 4) is 0 Å². The number of halogens is 2. The highest BCUT2D eigenvalue weighted by atomic mass is 35.5. The first-order valence-corrected chi connectivity index (χ1v) is 7.14. The van der Waals surface area contributed by atoms with E-state index in [1.807, 2.05) is 0 Å². The Balaban J connectivity index is 2.06. The summed E-state index contributed by atoms with van der Waals surface area (Å²) in [5.74, 6) is -1.19. The van der Waals surface area contributed by atoms with Gasteiger partial charge in [0.05, 0.1) is 5.02 Å². The summed E-state index contributed by atoms with van der Waals surface area (Å²) in [6.07, 6.45) is 1.58. The van der Waals surface area contributed by atoms with Crippen molar-refractivity contribution in [3.05, 3.63) is 77.1 Å². The van der Waals surface area contributed by atoms with Gasteiger partial charge in [-0.15, -0.1) is 6.58 Å². The fraction of sp³-hybridized carbons (Fsp3) is 0.0588. The van der Waals surface area contributed by atoms with Crippen molar-refractivity contribution in [2.45, 2.75) is 0 Å². The molecular weight excluding hydrogens is 319 g/mol. The van der Waals surface area contributed by atoms with Crippen LogP contribution in [0.3, 0.4) is 0 Å². The molecule has 2 N–H and O–H groups in total. The molecule has 2 aromatic carbocycles. The monoisotopic (exact) mass is 332 g/mol. The normalized spacial score (nSPS) is 10.0. The Morgan fingerprint density at radius 2 is 1.70 bits per heavy atom. The van der Waals surface area contributed by atoms with Gasteiger partial charge in [0.2, 0.25) is 0 Å². The lowest BCUT2D eigenvalue weighted by atomic mass is 10.1. The predicted octanol–water partition coefficient (Wildman–Crippen LogP) is 3.65. The Bertz CT molecular complexity index is 745. The molecule has 0 aliphatic heterocycles. The molecule has 6 heteroatoms. The molecule has 0 radical (unpaired) electrons. The van der Waals surface area contributed by atoms with E-state index in [0.29, 0.717) is 23.4 Å². The molecule has 0 unspecified atom stereocenters. The van der Waals surface area contributed by atoms with Gasteiger partial charge in [-0.1, -0.05) is 17.7 Å². The van der Waals surface area contributed by atoms with Gasteiger partial charge in [-0.25, -0.2) is 4.39 Å². The summed E-state index contributed by atoms with van der Waals surface area (Å²) in [5.41, 5.74) is 1.19. The summed E-state index contributed by atoms with van der Waals surface area (Å²) in [7, 11) is 0. The molecule has 2 amide bonds. The molecule has 0 spiro atoms. The summed E-state index contributed by atoms with van der Waals surface area (Å²) in [4.78, 5) is 23.8. The Hall–Kier alpha value is -2.66. The highest BCUT2D eigenvalue weighted by Gasteiger charge is 2.10. The number of hydrogen-bond acceptors (Lipinski definition) is 2. The molecule has 23 heavy (non-hydrogen) atoms. The van der Waals surface area contributed by atoms with Crippen LogP contribution in [0.2, 0.25) is 5.02 Å². The highest BCUT2D eigenvalue weighted by molar-refractivity contribution is 6.31. The van der Waals surface area contributed by atoms with Crippen LogP contribution in [0, 0.1) is 5.82 Å². The maximum atomic E-state index is 13.1. The van der Waals surface area contributed by atoms with E-state index in [1.165, 1.54) is 30.3 Å². The number of nitrogens with one attached hydrogen (secondary N) is 2. The van der Waals surface area contributed by atoms with Crippen molar-refractivity contribution in [2.75, 3.05) is 11.9 Å². The minimum atomic E-state index is -0.556. The van der Waals surface area contributed by atoms with Crippen molar-refractivity contribution in [1.82, 2.24) is 5.32 Å². The Labute approximate surface area is 138 Å². The molecular formula is C17H14ClFN2O2. The summed E-state index contributed by atoms with van der Waals surface area (Å²) < 4.78 is 13.1. The topological polar surface area (TPSA) is 58.2 Å². The largest absolute Gasteiger partial charge is 0.349 e. The summed E-state index contributed by atoms with van der Waals surface area (Å²) >= 11 is 5.66. The number of benzene rings is 2. The van der Waals surface area contributed by atoms with Crippen LogP contribution in [-0.2, 0) is 0 Å². The SMILES string of the molecule is C=CCNC(=O)c1ccc(C(=O)Nc2ccc(F)c(Cl)c2)cc1. The van der Waals surface area contributed by atoms with E-state index >= 15 is 0 Å². The quantitative estimate of drug-likeness (QED) is 0.821. The molecule has 4 nitrogen and oxygen atoms in total. The summed E-state index contributed by atoms with van der Waals surface area (Å²) in [6.45, 7) is 3.88. The zero-order valence-corrected chi connectivity index (χ0v) is 12.9. The van der Waals surface area contributed by atoms with Gasteiger partial charge in [-0.05, 0) is 42.5 Å². The molecule has 0 bridgehead atoms. The van der Waals surface area contributed by atoms with E-state index in [1.54, 1.807) is 18.2 Å². The highest BCUT2D eigenvalue weighted by Crippen LogP contribution is 2.20. The Kier molecular flexibility index (Phi) is 5.49. The maximum absolute atomic E-state index is 13.1. The minimum absolute atomic E-state index is 0.0722. The van der Waals surface area contributed by atoms with Crippen LogP contribution >= 0.6 is 11.6 Å². The maximum Gasteiger partial charge on any atom is 0.255 e. The molecule has 0 fully saturated rings. The number of rotatable bonds is 5. The van der Waals surface area contributed by atoms with Gasteiger partial charge in [0, 0.05) is 23.4 Å². The third-order valence-electron chi connectivity index (χ3n) is 2.99. The Morgan fingerprint density at radius 3 is 2.26 bits per heavy atom. The van der Waals surface area contributed by atoms with E-state index in [-0.39, 0.29) is 16.8 Å². The van der Waals surface area contributed by atoms with Crippen molar-refractivity contribution < 1.29 is 14.0 Å². The molecule has 2 rings (SSSR count). The average Bonchev–Trinajstić information content (AvgIpc) is 2.56. The second-order valence-electron chi connectivity index (χ2n) is 4.66. The van der Waals surface area contributed by atoms with Gasteiger partial charge in [-0.3, -0.25) is 9.59 Å². The lowest BCUT2D eigenvalue weighted by molar-refractivity contribution is 0.0956. The smallest absolute Gasteiger partial charge is 0.255 e. The van der Waals surface area contributed by atoms with E-state index in [9.17, 15) is 14.0 Å². The third-order valence-corrected chi connectivity index (χ3v) is 3.28. The number of carbonyl (C=O) groups excluding carboxylic acids is 2. The van der Waals surface area contributed by atoms with Crippen LogP contribution in [0.1, 0.15) is 20.7 Å². The van der Waals surface area contributed by atoms with Crippen LogP contribution in [0.25, 0.3) is 0 Å². The number of amides is 2.